The van der Waals surface area contributed by atoms with Crippen molar-refractivity contribution < 1.29 is 23.9 Å². The van der Waals surface area contributed by atoms with Crippen LogP contribution in [-0.2, 0) is 9.47 Å². The molecule has 5 aromatic rings. The smallest absolute Gasteiger partial charge is 0.407 e. The molecule has 1 aliphatic carbocycles. The Bertz CT molecular complexity index is 1800. The Balaban J connectivity index is 1.09. The third-order valence-electron chi connectivity index (χ3n) is 8.10. The highest BCUT2D eigenvalue weighted by Crippen LogP contribution is 2.44. The van der Waals surface area contributed by atoms with Gasteiger partial charge in [-0.1, -0.05) is 54.6 Å². The SMILES string of the molecule is CCOC(=O)c1csc([C@H]2C[C@@H](NC(=O)OCC3c4ccccc4-c4ccccc43)CN2C(=O)c2cn3ccccc3n2)n1. The molecule has 0 unspecified atom stereocenters. The molecule has 10 nitrogen and oxygen atoms in total. The van der Waals surface area contributed by atoms with Crippen LogP contribution >= 0.6 is 11.3 Å². The summed E-state index contributed by atoms with van der Waals surface area (Å²) in [6, 6.07) is 21.0. The van der Waals surface area contributed by atoms with Gasteiger partial charge in [-0.05, 0) is 47.7 Å². The number of nitrogens with zero attached hydrogens (tertiary/aromatic N) is 4. The summed E-state index contributed by atoms with van der Waals surface area (Å²) in [5, 5.41) is 5.19. The number of carbonyl (C=O) groups excluding carboxylic acids is 3. The van der Waals surface area contributed by atoms with Gasteiger partial charge in [-0.25, -0.2) is 19.6 Å². The summed E-state index contributed by atoms with van der Waals surface area (Å²) in [6.45, 7) is 2.39. The number of carbonyl (C=O) groups is 3. The second-order valence-corrected chi connectivity index (χ2v) is 11.6. The summed E-state index contributed by atoms with van der Waals surface area (Å²) in [5.74, 6) is -0.864. The molecule has 44 heavy (non-hydrogen) atoms. The Morgan fingerprint density at radius 1 is 0.932 bits per heavy atom. The van der Waals surface area contributed by atoms with Crippen molar-refractivity contribution in [3.8, 4) is 11.1 Å². The molecule has 0 bridgehead atoms. The maximum absolute atomic E-state index is 13.8. The van der Waals surface area contributed by atoms with Crippen LogP contribution in [0.2, 0.25) is 0 Å². The first-order chi connectivity index (χ1) is 21.5. The molecule has 222 valence electrons. The van der Waals surface area contributed by atoms with Gasteiger partial charge in [0, 0.05) is 30.2 Å². The predicted molar refractivity (Wildman–Crippen MR) is 164 cm³/mol. The Labute approximate surface area is 257 Å². The van der Waals surface area contributed by atoms with Crippen LogP contribution in [0.5, 0.6) is 0 Å². The average molecular weight is 608 g/mol. The molecule has 0 radical (unpaired) electrons. The molecule has 1 fully saturated rings. The van der Waals surface area contributed by atoms with E-state index >= 15 is 0 Å². The van der Waals surface area contributed by atoms with Gasteiger partial charge in [-0.2, -0.15) is 0 Å². The van der Waals surface area contributed by atoms with Crippen LogP contribution in [0.4, 0.5) is 4.79 Å². The van der Waals surface area contributed by atoms with Gasteiger partial charge in [0.2, 0.25) is 0 Å². The first-order valence-corrected chi connectivity index (χ1v) is 15.4. The van der Waals surface area contributed by atoms with E-state index in [2.05, 4.69) is 39.6 Å². The van der Waals surface area contributed by atoms with Crippen molar-refractivity contribution in [2.24, 2.45) is 0 Å². The van der Waals surface area contributed by atoms with Gasteiger partial charge in [0.1, 0.15) is 23.0 Å². The number of amides is 2. The molecule has 1 aliphatic heterocycles. The number of thiazole rings is 1. The zero-order valence-electron chi connectivity index (χ0n) is 23.9. The lowest BCUT2D eigenvalue weighted by molar-refractivity contribution is 0.0520. The highest BCUT2D eigenvalue weighted by molar-refractivity contribution is 7.09. The minimum Gasteiger partial charge on any atom is -0.461 e. The number of pyridine rings is 1. The van der Waals surface area contributed by atoms with Crippen LogP contribution in [-0.4, -0.2) is 63.0 Å². The van der Waals surface area contributed by atoms with Gasteiger partial charge in [0.25, 0.3) is 5.91 Å². The fraction of sp³-hybridized carbons (Fsp3) is 0.242. The highest BCUT2D eigenvalue weighted by atomic mass is 32.1. The van der Waals surface area contributed by atoms with E-state index in [9.17, 15) is 14.4 Å². The van der Waals surface area contributed by atoms with Crippen LogP contribution in [0.15, 0.2) is 84.5 Å². The second-order valence-electron chi connectivity index (χ2n) is 10.8. The van der Waals surface area contributed by atoms with Crippen LogP contribution in [0.3, 0.4) is 0 Å². The van der Waals surface area contributed by atoms with Crippen LogP contribution in [0.1, 0.15) is 62.4 Å². The topological polar surface area (TPSA) is 115 Å². The summed E-state index contributed by atoms with van der Waals surface area (Å²) in [6.07, 6.45) is 3.37. The molecule has 2 amide bonds. The molecule has 2 atom stereocenters. The number of aromatic nitrogens is 3. The number of esters is 1. The van der Waals surface area contributed by atoms with Crippen LogP contribution < -0.4 is 5.32 Å². The maximum atomic E-state index is 13.8. The largest absolute Gasteiger partial charge is 0.461 e. The van der Waals surface area contributed by atoms with Crippen molar-refractivity contribution in [2.45, 2.75) is 31.3 Å². The third-order valence-corrected chi connectivity index (χ3v) is 9.05. The molecule has 1 N–H and O–H groups in total. The first-order valence-electron chi connectivity index (χ1n) is 14.5. The van der Waals surface area contributed by atoms with Crippen molar-refractivity contribution >= 4 is 35.0 Å². The number of imidazole rings is 1. The average Bonchev–Trinajstić information content (AvgIpc) is 3.84. The highest BCUT2D eigenvalue weighted by Gasteiger charge is 2.40. The molecular weight excluding hydrogens is 578 g/mol. The van der Waals surface area contributed by atoms with Crippen molar-refractivity contribution in [3.63, 3.8) is 0 Å². The molecular formula is C33H29N5O5S. The van der Waals surface area contributed by atoms with E-state index in [0.717, 1.165) is 22.3 Å². The Kier molecular flexibility index (Phi) is 7.31. The molecule has 2 aliphatic rings. The summed E-state index contributed by atoms with van der Waals surface area (Å²) in [7, 11) is 0. The molecule has 3 aromatic heterocycles. The van der Waals surface area contributed by atoms with Crippen LogP contribution in [0.25, 0.3) is 16.8 Å². The number of rotatable bonds is 7. The van der Waals surface area contributed by atoms with Crippen molar-refractivity contribution in [3.05, 3.63) is 112 Å². The molecule has 7 rings (SSSR count). The standard InChI is InChI=1S/C33H29N5O5S/c1-2-42-32(40)27-19-44-30(36-27)28-15-20(16-38(28)31(39)26-17-37-14-8-7-13-29(37)35-26)34-33(41)43-18-25-23-11-5-3-9-21(23)22-10-4-6-12-24(22)25/h3-14,17,19-20,25,28H,2,15-16,18H2,1H3,(H,34,41)/t20-,28-/m1/s1. The number of benzene rings is 2. The van der Waals surface area contributed by atoms with Gasteiger partial charge in [0.15, 0.2) is 5.69 Å². The van der Waals surface area contributed by atoms with Crippen molar-refractivity contribution in [2.75, 3.05) is 19.8 Å². The molecule has 2 aromatic carbocycles. The number of nitrogens with one attached hydrogen (secondary N) is 1. The van der Waals surface area contributed by atoms with E-state index < -0.39 is 24.1 Å². The summed E-state index contributed by atoms with van der Waals surface area (Å²) >= 11 is 1.28. The van der Waals surface area contributed by atoms with Crippen molar-refractivity contribution in [1.82, 2.24) is 24.6 Å². The monoisotopic (exact) mass is 607 g/mol. The summed E-state index contributed by atoms with van der Waals surface area (Å²) in [4.78, 5) is 49.9. The van der Waals surface area contributed by atoms with E-state index in [1.54, 1.807) is 27.8 Å². The quantitative estimate of drug-likeness (QED) is 0.244. The number of hydrogen-bond acceptors (Lipinski definition) is 8. The zero-order valence-corrected chi connectivity index (χ0v) is 24.7. The Hall–Kier alpha value is -5.03. The fourth-order valence-electron chi connectivity index (χ4n) is 6.13. The molecule has 0 saturated carbocycles. The lowest BCUT2D eigenvalue weighted by Crippen LogP contribution is -2.39. The Morgan fingerprint density at radius 2 is 1.66 bits per heavy atom. The number of alkyl carbamates (subject to hydrolysis) is 1. The maximum Gasteiger partial charge on any atom is 0.407 e. The van der Waals surface area contributed by atoms with Gasteiger partial charge >= 0.3 is 12.1 Å². The Morgan fingerprint density at radius 3 is 2.39 bits per heavy atom. The van der Waals surface area contributed by atoms with E-state index in [0.29, 0.717) is 17.1 Å². The lowest BCUT2D eigenvalue weighted by Gasteiger charge is -2.22. The molecule has 1 saturated heterocycles. The van der Waals surface area contributed by atoms with Gasteiger partial charge < -0.3 is 24.1 Å². The minimum atomic E-state index is -0.552. The second kappa shape index (κ2) is 11.6. The van der Waals surface area contributed by atoms with Gasteiger partial charge in [-0.3, -0.25) is 4.79 Å². The lowest BCUT2D eigenvalue weighted by atomic mass is 9.98. The normalized spacial score (nSPS) is 17.3. The van der Waals surface area contributed by atoms with E-state index in [4.69, 9.17) is 9.47 Å². The third kappa shape index (κ3) is 5.09. The fourth-order valence-corrected chi connectivity index (χ4v) is 7.04. The number of fused-ring (bicyclic) bond motifs is 4. The van der Waals surface area contributed by atoms with Crippen LogP contribution in [0, 0.1) is 0 Å². The zero-order chi connectivity index (χ0) is 30.2. The predicted octanol–water partition coefficient (Wildman–Crippen LogP) is 5.46. The first kappa shape index (κ1) is 27.8. The van der Waals surface area contributed by atoms with E-state index in [1.165, 1.54) is 11.3 Å². The van der Waals surface area contributed by atoms with Crippen molar-refractivity contribution in [1.29, 1.82) is 0 Å². The number of ether oxygens (including phenoxy) is 2. The van der Waals surface area contributed by atoms with Gasteiger partial charge in [0.05, 0.1) is 18.7 Å². The molecule has 0 spiro atoms. The number of likely N-dealkylation sites (tertiary alicyclic amines) is 1. The summed E-state index contributed by atoms with van der Waals surface area (Å²) < 4.78 is 12.7. The minimum absolute atomic E-state index is 0.0609. The molecule has 4 heterocycles. The van der Waals surface area contributed by atoms with Gasteiger partial charge in [-0.15, -0.1) is 11.3 Å². The number of hydrogen-bond donors (Lipinski definition) is 1. The van der Waals surface area contributed by atoms with E-state index in [-0.39, 0.29) is 43.0 Å². The summed E-state index contributed by atoms with van der Waals surface area (Å²) in [5.41, 5.74) is 5.70. The molecule has 11 heteroatoms. The van der Waals surface area contributed by atoms with E-state index in [1.807, 2.05) is 48.7 Å².